The van der Waals surface area contributed by atoms with Crippen LogP contribution in [0, 0.1) is 13.8 Å². The van der Waals surface area contributed by atoms with Crippen LogP contribution in [0.2, 0.25) is 0 Å². The van der Waals surface area contributed by atoms with Gasteiger partial charge in [-0.15, -0.1) is 0 Å². The molecule has 8 heteroatoms. The van der Waals surface area contributed by atoms with Gasteiger partial charge < -0.3 is 9.47 Å². The number of rotatable bonds is 4. The Morgan fingerprint density at radius 2 is 1.85 bits per heavy atom. The Morgan fingerprint density at radius 1 is 1.09 bits per heavy atom. The smallest absolute Gasteiger partial charge is 0.328 e. The topological polar surface area (TPSA) is 76.3 Å². The van der Waals surface area contributed by atoms with Gasteiger partial charge in [-0.25, -0.2) is 9.78 Å². The third-order valence-electron chi connectivity index (χ3n) is 6.88. The molecule has 4 aromatic rings. The Bertz CT molecular complexity index is 1390. The Morgan fingerprint density at radius 3 is 2.59 bits per heavy atom. The lowest BCUT2D eigenvalue weighted by molar-refractivity contribution is 0.0900. The van der Waals surface area contributed by atoms with E-state index in [1.807, 2.05) is 50.5 Å². The van der Waals surface area contributed by atoms with Gasteiger partial charge in [0.2, 0.25) is 0 Å². The molecule has 1 aliphatic rings. The van der Waals surface area contributed by atoms with Crippen molar-refractivity contribution < 1.29 is 9.59 Å². The molecule has 0 spiro atoms. The summed E-state index contributed by atoms with van der Waals surface area (Å²) in [4.78, 5) is 38.7. The van der Waals surface area contributed by atoms with Gasteiger partial charge in [-0.05, 0) is 44.4 Å². The third-order valence-corrected chi connectivity index (χ3v) is 6.88. The number of Topliss-reactive ketones (excluding diaryl/α,β-unsaturated/α-hetero) is 1. The minimum Gasteiger partial charge on any atom is -0.330 e. The van der Waals surface area contributed by atoms with Gasteiger partial charge in [-0.3, -0.25) is 19.2 Å². The minimum atomic E-state index is -0.159. The van der Waals surface area contributed by atoms with Crippen LogP contribution in [0.15, 0.2) is 42.9 Å². The molecule has 1 amide bonds. The van der Waals surface area contributed by atoms with Crippen molar-refractivity contribution in [2.45, 2.75) is 32.7 Å². The summed E-state index contributed by atoms with van der Waals surface area (Å²) >= 11 is 0. The molecule has 1 saturated heterocycles. The maximum atomic E-state index is 13.4. The van der Waals surface area contributed by atoms with E-state index < -0.39 is 0 Å². The van der Waals surface area contributed by atoms with Crippen LogP contribution in [-0.4, -0.2) is 74.4 Å². The molecule has 0 N–H and O–H groups in total. The van der Waals surface area contributed by atoms with Crippen LogP contribution >= 0.6 is 0 Å². The van der Waals surface area contributed by atoms with Crippen LogP contribution in [-0.2, 0) is 0 Å². The van der Waals surface area contributed by atoms with E-state index in [4.69, 9.17) is 0 Å². The number of imidazole rings is 1. The molecule has 0 unspecified atom stereocenters. The van der Waals surface area contributed by atoms with E-state index in [-0.39, 0.29) is 11.8 Å². The number of pyridine rings is 1. The molecule has 176 valence electrons. The number of fused-ring (bicyclic) bond motifs is 2. The average Bonchev–Trinajstić information content (AvgIpc) is 3.37. The quantitative estimate of drug-likeness (QED) is 0.431. The summed E-state index contributed by atoms with van der Waals surface area (Å²) in [5.74, 6) is 1.06. The summed E-state index contributed by atoms with van der Waals surface area (Å²) in [6.07, 6.45) is 7.26. The Hall–Kier alpha value is -3.52. The number of carbonyl (C=O) groups excluding carboxylic acids is 2. The van der Waals surface area contributed by atoms with Gasteiger partial charge in [0, 0.05) is 56.6 Å². The van der Waals surface area contributed by atoms with Gasteiger partial charge >= 0.3 is 6.03 Å². The molecular formula is C26H30N6O2. The highest BCUT2D eigenvalue weighted by Crippen LogP contribution is 2.30. The maximum Gasteiger partial charge on any atom is 0.328 e. The Balaban J connectivity index is 1.34. The Kier molecular flexibility index (Phi) is 5.69. The van der Waals surface area contributed by atoms with Crippen LogP contribution in [0.4, 0.5) is 4.79 Å². The zero-order valence-corrected chi connectivity index (χ0v) is 20.2. The summed E-state index contributed by atoms with van der Waals surface area (Å²) in [6, 6.07) is 8.04. The van der Waals surface area contributed by atoms with Crippen molar-refractivity contribution in [1.82, 2.24) is 28.9 Å². The van der Waals surface area contributed by atoms with E-state index in [2.05, 4.69) is 19.4 Å². The second-order valence-corrected chi connectivity index (χ2v) is 9.38. The van der Waals surface area contributed by atoms with Crippen molar-refractivity contribution in [3.63, 3.8) is 0 Å². The molecule has 4 heterocycles. The number of hydrogen-bond donors (Lipinski definition) is 0. The fraction of sp³-hybridized carbons (Fsp3) is 0.385. The zero-order valence-electron chi connectivity index (χ0n) is 20.2. The molecule has 1 aromatic carbocycles. The molecule has 1 fully saturated rings. The first-order chi connectivity index (χ1) is 16.3. The van der Waals surface area contributed by atoms with E-state index >= 15 is 0 Å². The van der Waals surface area contributed by atoms with Crippen molar-refractivity contribution in [3.05, 3.63) is 59.8 Å². The van der Waals surface area contributed by atoms with Crippen LogP contribution in [0.25, 0.3) is 21.9 Å². The van der Waals surface area contributed by atoms with E-state index in [1.54, 1.807) is 24.9 Å². The zero-order chi connectivity index (χ0) is 24.0. The van der Waals surface area contributed by atoms with E-state index in [0.29, 0.717) is 18.2 Å². The molecule has 1 aliphatic heterocycles. The van der Waals surface area contributed by atoms with E-state index in [0.717, 1.165) is 59.3 Å². The number of ketones is 1. The molecule has 0 aliphatic carbocycles. The second-order valence-electron chi connectivity index (χ2n) is 9.38. The molecule has 0 radical (unpaired) electrons. The number of nitrogens with zero attached hydrogens (tertiary/aromatic N) is 6. The number of amides is 1. The Labute approximate surface area is 198 Å². The molecule has 5 rings (SSSR count). The van der Waals surface area contributed by atoms with Gasteiger partial charge in [0.25, 0.3) is 0 Å². The average molecular weight is 459 g/mol. The number of hydrogen-bond acceptors (Lipinski definition) is 5. The largest absolute Gasteiger partial charge is 0.330 e. The highest BCUT2D eigenvalue weighted by Gasteiger charge is 2.27. The van der Waals surface area contributed by atoms with E-state index in [1.165, 1.54) is 4.90 Å². The van der Waals surface area contributed by atoms with Crippen molar-refractivity contribution in [2.24, 2.45) is 0 Å². The van der Waals surface area contributed by atoms with Crippen LogP contribution in [0.1, 0.15) is 40.6 Å². The van der Waals surface area contributed by atoms with Crippen molar-refractivity contribution in [1.29, 1.82) is 0 Å². The summed E-state index contributed by atoms with van der Waals surface area (Å²) in [5.41, 5.74) is 4.45. The molecule has 8 nitrogen and oxygen atoms in total. The monoisotopic (exact) mass is 458 g/mol. The first-order valence-electron chi connectivity index (χ1n) is 11.7. The van der Waals surface area contributed by atoms with Gasteiger partial charge in [0.1, 0.15) is 11.3 Å². The summed E-state index contributed by atoms with van der Waals surface area (Å²) in [7, 11) is 3.44. The van der Waals surface area contributed by atoms with E-state index in [9.17, 15) is 9.59 Å². The van der Waals surface area contributed by atoms with Crippen LogP contribution in [0.5, 0.6) is 0 Å². The lowest BCUT2D eigenvalue weighted by Crippen LogP contribution is -2.38. The molecule has 0 atom stereocenters. The lowest BCUT2D eigenvalue weighted by atomic mass is 10.0. The first kappa shape index (κ1) is 22.3. The standard InChI is InChI=1S/C26H30N6O2/c1-17-6-5-7-23-25(17)20(15-31(23)26(34)29(3)4)24(33)16-30-12-9-19(10-13-30)32-18(2)28-21-14-27-11-8-22(21)32/h5-8,11,14-15,19H,9-10,12-13,16H2,1-4H3. The fourth-order valence-electron chi connectivity index (χ4n) is 5.21. The van der Waals surface area contributed by atoms with Gasteiger partial charge in [0.05, 0.1) is 23.8 Å². The predicted octanol–water partition coefficient (Wildman–Crippen LogP) is 4.05. The first-order valence-corrected chi connectivity index (χ1v) is 11.7. The highest BCUT2D eigenvalue weighted by atomic mass is 16.2. The van der Waals surface area contributed by atoms with Crippen LogP contribution in [0.3, 0.4) is 0 Å². The van der Waals surface area contributed by atoms with Crippen molar-refractivity contribution in [2.75, 3.05) is 33.7 Å². The molecule has 0 bridgehead atoms. The highest BCUT2D eigenvalue weighted by molar-refractivity contribution is 6.12. The minimum absolute atomic E-state index is 0.0541. The second kappa shape index (κ2) is 8.68. The number of aromatic nitrogens is 4. The molecule has 3 aromatic heterocycles. The molecule has 0 saturated carbocycles. The number of piperidine rings is 1. The molecular weight excluding hydrogens is 428 g/mol. The normalized spacial score (nSPS) is 15.3. The van der Waals surface area contributed by atoms with Gasteiger partial charge in [-0.2, -0.15) is 0 Å². The summed E-state index contributed by atoms with van der Waals surface area (Å²) in [5, 5.41) is 0.867. The maximum absolute atomic E-state index is 13.4. The fourth-order valence-corrected chi connectivity index (χ4v) is 5.21. The SMILES string of the molecule is Cc1cccc2c1c(C(=O)CN1CCC(n3c(C)nc4cnccc43)CC1)cn2C(=O)N(C)C. The molecule has 34 heavy (non-hydrogen) atoms. The number of benzene rings is 1. The number of aryl methyl sites for hydroxylation is 2. The number of likely N-dealkylation sites (tertiary alicyclic amines) is 1. The summed E-state index contributed by atoms with van der Waals surface area (Å²) in [6.45, 7) is 6.07. The lowest BCUT2D eigenvalue weighted by Gasteiger charge is -2.33. The third kappa shape index (κ3) is 3.77. The van der Waals surface area contributed by atoms with Crippen molar-refractivity contribution in [3.8, 4) is 0 Å². The number of carbonyl (C=O) groups is 2. The predicted molar refractivity (Wildman–Crippen MR) is 132 cm³/mol. The van der Waals surface area contributed by atoms with Crippen molar-refractivity contribution >= 4 is 33.8 Å². The van der Waals surface area contributed by atoms with Gasteiger partial charge in [0.15, 0.2) is 5.78 Å². The van der Waals surface area contributed by atoms with Gasteiger partial charge in [-0.1, -0.05) is 12.1 Å². The van der Waals surface area contributed by atoms with Crippen LogP contribution < -0.4 is 0 Å². The summed E-state index contributed by atoms with van der Waals surface area (Å²) < 4.78 is 3.91.